The van der Waals surface area contributed by atoms with Crippen LogP contribution in [-0.4, -0.2) is 27.6 Å². The fourth-order valence-corrected chi connectivity index (χ4v) is 2.85. The highest BCUT2D eigenvalue weighted by Crippen LogP contribution is 2.19. The summed E-state index contributed by atoms with van der Waals surface area (Å²) < 4.78 is 3.89. The lowest BCUT2D eigenvalue weighted by molar-refractivity contribution is 0.276. The van der Waals surface area contributed by atoms with E-state index in [1.807, 2.05) is 0 Å². The van der Waals surface area contributed by atoms with E-state index in [2.05, 4.69) is 38.8 Å². The molecule has 1 aliphatic rings. The molecule has 5 heteroatoms. The fraction of sp³-hybridized carbons (Fsp3) is 0.385. The molecule has 0 bridgehead atoms. The largest absolute Gasteiger partial charge is 0.388 e. The highest BCUT2D eigenvalue weighted by molar-refractivity contribution is 7.09. The molecular formula is C13H16N4S. The first-order valence-electron chi connectivity index (χ1n) is 6.19. The van der Waals surface area contributed by atoms with E-state index in [1.54, 1.807) is 0 Å². The predicted octanol–water partition coefficient (Wildman–Crippen LogP) is 1.72. The topological polar surface area (TPSA) is 55.0 Å². The van der Waals surface area contributed by atoms with Crippen molar-refractivity contribution in [1.82, 2.24) is 14.5 Å². The van der Waals surface area contributed by atoms with Gasteiger partial charge in [-0.3, -0.25) is 4.90 Å². The first-order valence-corrected chi connectivity index (χ1v) is 6.96. The molecule has 1 aromatic heterocycles. The number of anilines is 1. The molecule has 1 aliphatic heterocycles. The molecule has 1 aromatic carbocycles. The maximum atomic E-state index is 5.85. The number of nitrogens with zero attached hydrogens (tertiary/aromatic N) is 3. The molecule has 2 heterocycles. The minimum absolute atomic E-state index is 0.747. The van der Waals surface area contributed by atoms with Gasteiger partial charge >= 0.3 is 0 Å². The Balaban J connectivity index is 1.70. The SMILES string of the molecule is Nc1snnc1CN1CCc2ccccc2CC1. The van der Waals surface area contributed by atoms with Gasteiger partial charge in [0, 0.05) is 31.2 Å². The van der Waals surface area contributed by atoms with E-state index in [-0.39, 0.29) is 0 Å². The van der Waals surface area contributed by atoms with Crippen LogP contribution in [0.4, 0.5) is 5.00 Å². The Labute approximate surface area is 111 Å². The second-order valence-electron chi connectivity index (χ2n) is 4.63. The molecule has 2 N–H and O–H groups in total. The van der Waals surface area contributed by atoms with Crippen LogP contribution in [0.1, 0.15) is 16.8 Å². The average molecular weight is 260 g/mol. The van der Waals surface area contributed by atoms with Crippen molar-refractivity contribution in [3.63, 3.8) is 0 Å². The van der Waals surface area contributed by atoms with Gasteiger partial charge in [0.15, 0.2) is 0 Å². The number of aromatic nitrogens is 2. The molecule has 0 radical (unpaired) electrons. The summed E-state index contributed by atoms with van der Waals surface area (Å²) in [5.74, 6) is 0. The van der Waals surface area contributed by atoms with Crippen LogP contribution in [0, 0.1) is 0 Å². The molecule has 0 fully saturated rings. The fourth-order valence-electron chi connectivity index (χ4n) is 2.41. The lowest BCUT2D eigenvalue weighted by Gasteiger charge is -2.18. The van der Waals surface area contributed by atoms with Crippen molar-refractivity contribution in [1.29, 1.82) is 0 Å². The molecule has 4 nitrogen and oxygen atoms in total. The second kappa shape index (κ2) is 5.04. The number of hydrogen-bond donors (Lipinski definition) is 1. The number of nitrogen functional groups attached to an aromatic ring is 1. The molecule has 2 aromatic rings. The maximum Gasteiger partial charge on any atom is 0.132 e. The summed E-state index contributed by atoms with van der Waals surface area (Å²) in [6.07, 6.45) is 2.21. The van der Waals surface area contributed by atoms with Crippen LogP contribution < -0.4 is 5.73 Å². The van der Waals surface area contributed by atoms with Crippen molar-refractivity contribution < 1.29 is 0 Å². The monoisotopic (exact) mass is 260 g/mol. The number of fused-ring (bicyclic) bond motifs is 1. The Kier molecular flexibility index (Phi) is 3.25. The number of nitrogens with two attached hydrogens (primary N) is 1. The van der Waals surface area contributed by atoms with Gasteiger partial charge in [-0.15, -0.1) is 5.10 Å². The Hall–Kier alpha value is -1.46. The van der Waals surface area contributed by atoms with E-state index >= 15 is 0 Å². The van der Waals surface area contributed by atoms with Gasteiger partial charge in [-0.25, -0.2) is 0 Å². The molecule has 0 spiro atoms. The van der Waals surface area contributed by atoms with E-state index in [1.165, 1.54) is 22.7 Å². The molecule has 3 rings (SSSR count). The summed E-state index contributed by atoms with van der Waals surface area (Å²) in [6, 6.07) is 8.71. The van der Waals surface area contributed by atoms with Crippen molar-refractivity contribution in [2.45, 2.75) is 19.4 Å². The molecule has 0 saturated heterocycles. The third-order valence-corrected chi connectivity index (χ3v) is 4.07. The number of hydrogen-bond acceptors (Lipinski definition) is 5. The van der Waals surface area contributed by atoms with Gasteiger partial charge in [0.2, 0.25) is 0 Å². The first-order chi connectivity index (χ1) is 8.83. The summed E-state index contributed by atoms with van der Waals surface area (Å²) >= 11 is 1.28. The smallest absolute Gasteiger partial charge is 0.132 e. The molecule has 0 aliphatic carbocycles. The third-order valence-electron chi connectivity index (χ3n) is 3.47. The average Bonchev–Trinajstić information content (AvgIpc) is 2.68. The van der Waals surface area contributed by atoms with Crippen molar-refractivity contribution in [2.75, 3.05) is 18.8 Å². The highest BCUT2D eigenvalue weighted by atomic mass is 32.1. The van der Waals surface area contributed by atoms with Gasteiger partial charge in [-0.2, -0.15) is 0 Å². The zero-order valence-electron chi connectivity index (χ0n) is 10.2. The molecular weight excluding hydrogens is 244 g/mol. The van der Waals surface area contributed by atoms with Crippen molar-refractivity contribution in [2.24, 2.45) is 0 Å². The van der Waals surface area contributed by atoms with Crippen LogP contribution in [0.2, 0.25) is 0 Å². The van der Waals surface area contributed by atoms with Gasteiger partial charge in [-0.1, -0.05) is 28.8 Å². The number of rotatable bonds is 2. The van der Waals surface area contributed by atoms with E-state index in [0.717, 1.165) is 43.2 Å². The normalized spacial score (nSPS) is 16.2. The third kappa shape index (κ3) is 2.37. The Bertz CT molecular complexity index is 510. The van der Waals surface area contributed by atoms with Crippen molar-refractivity contribution in [3.8, 4) is 0 Å². The predicted molar refractivity (Wildman–Crippen MR) is 73.4 cm³/mol. The Morgan fingerprint density at radius 1 is 1.17 bits per heavy atom. The van der Waals surface area contributed by atoms with Gasteiger partial charge in [0.1, 0.15) is 10.7 Å². The number of benzene rings is 1. The van der Waals surface area contributed by atoms with Crippen molar-refractivity contribution >= 4 is 16.5 Å². The van der Waals surface area contributed by atoms with Crippen LogP contribution in [-0.2, 0) is 19.4 Å². The lowest BCUT2D eigenvalue weighted by atomic mass is 10.0. The van der Waals surface area contributed by atoms with E-state index in [9.17, 15) is 0 Å². The van der Waals surface area contributed by atoms with Crippen LogP contribution in [0.3, 0.4) is 0 Å². The van der Waals surface area contributed by atoms with Gasteiger partial charge in [-0.05, 0) is 24.0 Å². The molecule has 18 heavy (non-hydrogen) atoms. The molecule has 0 saturated carbocycles. The van der Waals surface area contributed by atoms with Gasteiger partial charge in [0.05, 0.1) is 0 Å². The molecule has 0 amide bonds. The van der Waals surface area contributed by atoms with Crippen LogP contribution in [0.25, 0.3) is 0 Å². The molecule has 0 atom stereocenters. The highest BCUT2D eigenvalue weighted by Gasteiger charge is 2.15. The summed E-state index contributed by atoms with van der Waals surface area (Å²) in [6.45, 7) is 2.94. The molecule has 0 unspecified atom stereocenters. The Morgan fingerprint density at radius 3 is 2.39 bits per heavy atom. The van der Waals surface area contributed by atoms with E-state index in [0.29, 0.717) is 0 Å². The zero-order chi connectivity index (χ0) is 12.4. The maximum absolute atomic E-state index is 5.85. The van der Waals surface area contributed by atoms with E-state index in [4.69, 9.17) is 5.73 Å². The first kappa shape index (κ1) is 11.6. The summed E-state index contributed by atoms with van der Waals surface area (Å²) in [7, 11) is 0. The lowest BCUT2D eigenvalue weighted by Crippen LogP contribution is -2.26. The summed E-state index contributed by atoms with van der Waals surface area (Å²) in [5, 5.41) is 4.84. The Morgan fingerprint density at radius 2 is 1.83 bits per heavy atom. The quantitative estimate of drug-likeness (QED) is 0.893. The van der Waals surface area contributed by atoms with Crippen LogP contribution in [0.15, 0.2) is 24.3 Å². The van der Waals surface area contributed by atoms with Crippen LogP contribution in [0.5, 0.6) is 0 Å². The van der Waals surface area contributed by atoms with Crippen LogP contribution >= 0.6 is 11.5 Å². The van der Waals surface area contributed by atoms with Gasteiger partial charge < -0.3 is 5.73 Å². The second-order valence-corrected chi connectivity index (χ2v) is 5.41. The van der Waals surface area contributed by atoms with E-state index < -0.39 is 0 Å². The minimum Gasteiger partial charge on any atom is -0.388 e. The standard InChI is InChI=1S/C13H16N4S/c14-13-12(15-16-18-13)9-17-7-5-10-3-1-2-4-11(10)6-8-17/h1-4H,5-9,14H2. The van der Waals surface area contributed by atoms with Gasteiger partial charge in [0.25, 0.3) is 0 Å². The summed E-state index contributed by atoms with van der Waals surface area (Å²) in [4.78, 5) is 2.41. The zero-order valence-corrected chi connectivity index (χ0v) is 11.0. The van der Waals surface area contributed by atoms with Crippen molar-refractivity contribution in [3.05, 3.63) is 41.1 Å². The summed E-state index contributed by atoms with van der Waals surface area (Å²) in [5.41, 5.74) is 9.72. The molecule has 94 valence electrons. The minimum atomic E-state index is 0.747.